The number of aromatic nitrogens is 2. The average molecular weight is 198 g/mol. The molecule has 0 bridgehead atoms. The molecule has 0 saturated carbocycles. The smallest absolute Gasteiger partial charge is 0.265 e. The molecule has 0 amide bonds. The van der Waals surface area contributed by atoms with E-state index in [4.69, 9.17) is 10.3 Å². The minimum Gasteiger partial charge on any atom is -0.344 e. The Morgan fingerprint density at radius 1 is 1.50 bits per heavy atom. The fourth-order valence-corrected chi connectivity index (χ4v) is 1.21. The number of nitrogens with two attached hydrogens (primary N) is 1. The minimum absolute atomic E-state index is 0.121. The number of nitrogens with zero attached hydrogens (tertiary/aromatic N) is 3. The number of rotatable bonds is 5. The second-order valence-corrected chi connectivity index (χ2v) is 3.64. The molecule has 0 aromatic carbocycles. The van der Waals surface area contributed by atoms with Crippen LogP contribution in [0.2, 0.25) is 0 Å². The first-order valence-electron chi connectivity index (χ1n) is 4.89. The largest absolute Gasteiger partial charge is 0.344 e. The molecule has 0 spiro atoms. The van der Waals surface area contributed by atoms with Gasteiger partial charge in [-0.2, -0.15) is 4.98 Å². The molecule has 0 aliphatic rings. The van der Waals surface area contributed by atoms with E-state index in [0.29, 0.717) is 18.3 Å². The number of hydrogen-bond donors (Lipinski definition) is 1. The number of anilines is 1. The van der Waals surface area contributed by atoms with Crippen LogP contribution in [-0.4, -0.2) is 30.3 Å². The first kappa shape index (κ1) is 11.0. The van der Waals surface area contributed by atoms with E-state index in [1.54, 1.807) is 4.90 Å². The Bertz CT molecular complexity index is 272. The highest BCUT2D eigenvalue weighted by molar-refractivity contribution is 5.23. The van der Waals surface area contributed by atoms with Crippen molar-refractivity contribution in [2.45, 2.75) is 32.2 Å². The van der Waals surface area contributed by atoms with Crippen molar-refractivity contribution in [3.63, 3.8) is 0 Å². The van der Waals surface area contributed by atoms with Gasteiger partial charge in [-0.05, 0) is 11.6 Å². The zero-order valence-corrected chi connectivity index (χ0v) is 9.03. The highest BCUT2D eigenvalue weighted by Gasteiger charge is 2.11. The molecule has 1 atom stereocenters. The summed E-state index contributed by atoms with van der Waals surface area (Å²) >= 11 is 0. The van der Waals surface area contributed by atoms with E-state index in [1.165, 1.54) is 0 Å². The normalized spacial score (nSPS) is 12.9. The summed E-state index contributed by atoms with van der Waals surface area (Å²) in [6.45, 7) is 2.11. The van der Waals surface area contributed by atoms with Crippen LogP contribution in [-0.2, 0) is 6.42 Å². The van der Waals surface area contributed by atoms with Gasteiger partial charge in [0.05, 0.1) is 0 Å². The average Bonchev–Trinajstić information content (AvgIpc) is 2.53. The summed E-state index contributed by atoms with van der Waals surface area (Å²) in [6, 6.07) is 0.121. The maximum absolute atomic E-state index is 5.86. The molecular formula is C9H18N4O. The van der Waals surface area contributed by atoms with E-state index >= 15 is 0 Å². The van der Waals surface area contributed by atoms with E-state index in [0.717, 1.165) is 12.8 Å². The predicted octanol–water partition coefficient (Wildman–Crippen LogP) is 0.805. The maximum Gasteiger partial charge on any atom is 0.265 e. The molecule has 14 heavy (non-hydrogen) atoms. The molecule has 1 rings (SSSR count). The fourth-order valence-electron chi connectivity index (χ4n) is 1.21. The molecule has 0 fully saturated rings. The van der Waals surface area contributed by atoms with E-state index in [9.17, 15) is 0 Å². The van der Waals surface area contributed by atoms with Gasteiger partial charge in [0.15, 0.2) is 0 Å². The molecule has 0 radical (unpaired) electrons. The Hall–Kier alpha value is -1.10. The van der Waals surface area contributed by atoms with E-state index in [2.05, 4.69) is 17.1 Å². The van der Waals surface area contributed by atoms with Crippen molar-refractivity contribution in [2.24, 2.45) is 5.73 Å². The molecule has 5 nitrogen and oxygen atoms in total. The Labute approximate surface area is 84.3 Å². The maximum atomic E-state index is 5.86. The van der Waals surface area contributed by atoms with Gasteiger partial charge in [0.2, 0.25) is 5.89 Å². The van der Waals surface area contributed by atoms with Crippen LogP contribution in [0.5, 0.6) is 0 Å². The standard InChI is InChI=1S/C9H18N4O/c1-4-5-7(10)6-8-11-9(12-14-8)13(2)3/h7H,4-6,10H2,1-3H3. The lowest BCUT2D eigenvalue weighted by Gasteiger charge is -2.05. The molecule has 80 valence electrons. The zero-order chi connectivity index (χ0) is 10.6. The third-order valence-corrected chi connectivity index (χ3v) is 1.95. The molecule has 0 saturated heterocycles. The van der Waals surface area contributed by atoms with E-state index < -0.39 is 0 Å². The topological polar surface area (TPSA) is 68.2 Å². The monoisotopic (exact) mass is 198 g/mol. The minimum atomic E-state index is 0.121. The van der Waals surface area contributed by atoms with Crippen LogP contribution in [0.15, 0.2) is 4.52 Å². The molecule has 0 aliphatic carbocycles. The van der Waals surface area contributed by atoms with Crippen molar-refractivity contribution in [3.8, 4) is 0 Å². The molecule has 5 heteroatoms. The summed E-state index contributed by atoms with van der Waals surface area (Å²) in [5.41, 5.74) is 5.86. The highest BCUT2D eigenvalue weighted by atomic mass is 16.5. The fraction of sp³-hybridized carbons (Fsp3) is 0.778. The Morgan fingerprint density at radius 3 is 2.71 bits per heavy atom. The highest BCUT2D eigenvalue weighted by Crippen LogP contribution is 2.08. The van der Waals surface area contributed by atoms with Gasteiger partial charge in [-0.15, -0.1) is 0 Å². The van der Waals surface area contributed by atoms with Gasteiger partial charge in [-0.1, -0.05) is 13.3 Å². The van der Waals surface area contributed by atoms with Gasteiger partial charge >= 0.3 is 0 Å². The van der Waals surface area contributed by atoms with Crippen molar-refractivity contribution in [3.05, 3.63) is 5.89 Å². The van der Waals surface area contributed by atoms with Crippen molar-refractivity contribution in [2.75, 3.05) is 19.0 Å². The summed E-state index contributed by atoms with van der Waals surface area (Å²) in [7, 11) is 3.75. The van der Waals surface area contributed by atoms with Crippen LogP contribution < -0.4 is 10.6 Å². The van der Waals surface area contributed by atoms with Crippen LogP contribution in [0.3, 0.4) is 0 Å². The summed E-state index contributed by atoms with van der Waals surface area (Å²) < 4.78 is 5.06. The first-order valence-corrected chi connectivity index (χ1v) is 4.89. The van der Waals surface area contributed by atoms with Crippen LogP contribution >= 0.6 is 0 Å². The van der Waals surface area contributed by atoms with Crippen molar-refractivity contribution in [1.29, 1.82) is 0 Å². The van der Waals surface area contributed by atoms with Gasteiger partial charge in [0.25, 0.3) is 5.95 Å². The molecular weight excluding hydrogens is 180 g/mol. The lowest BCUT2D eigenvalue weighted by molar-refractivity contribution is 0.365. The Morgan fingerprint density at radius 2 is 2.21 bits per heavy atom. The molecule has 1 aromatic rings. The van der Waals surface area contributed by atoms with Crippen LogP contribution in [0.1, 0.15) is 25.7 Å². The van der Waals surface area contributed by atoms with Crippen LogP contribution in [0.25, 0.3) is 0 Å². The summed E-state index contributed by atoms with van der Waals surface area (Å²) in [5, 5.41) is 3.81. The molecule has 0 aliphatic heterocycles. The SMILES string of the molecule is CCCC(N)Cc1nc(N(C)C)no1. The van der Waals surface area contributed by atoms with Gasteiger partial charge in [0.1, 0.15) is 0 Å². The Balaban J connectivity index is 2.51. The summed E-state index contributed by atoms with van der Waals surface area (Å²) in [4.78, 5) is 6.00. The third kappa shape index (κ3) is 2.99. The molecule has 1 unspecified atom stereocenters. The van der Waals surface area contributed by atoms with Crippen molar-refractivity contribution in [1.82, 2.24) is 10.1 Å². The first-order chi connectivity index (χ1) is 6.63. The third-order valence-electron chi connectivity index (χ3n) is 1.95. The van der Waals surface area contributed by atoms with Gasteiger partial charge in [-0.25, -0.2) is 0 Å². The summed E-state index contributed by atoms with van der Waals surface area (Å²) in [6.07, 6.45) is 2.73. The second kappa shape index (κ2) is 4.95. The van der Waals surface area contributed by atoms with Gasteiger partial charge in [0, 0.05) is 26.6 Å². The molecule has 1 aromatic heterocycles. The molecule has 1 heterocycles. The molecule has 2 N–H and O–H groups in total. The predicted molar refractivity (Wildman–Crippen MR) is 55.2 cm³/mol. The quantitative estimate of drug-likeness (QED) is 0.758. The van der Waals surface area contributed by atoms with E-state index in [1.807, 2.05) is 14.1 Å². The Kier molecular flexibility index (Phi) is 3.88. The van der Waals surface area contributed by atoms with Gasteiger partial charge in [-0.3, -0.25) is 0 Å². The van der Waals surface area contributed by atoms with Crippen LogP contribution in [0.4, 0.5) is 5.95 Å². The zero-order valence-electron chi connectivity index (χ0n) is 9.03. The second-order valence-electron chi connectivity index (χ2n) is 3.64. The van der Waals surface area contributed by atoms with E-state index in [-0.39, 0.29) is 6.04 Å². The van der Waals surface area contributed by atoms with Crippen LogP contribution in [0, 0.1) is 0 Å². The lowest BCUT2D eigenvalue weighted by atomic mass is 10.1. The number of hydrogen-bond acceptors (Lipinski definition) is 5. The summed E-state index contributed by atoms with van der Waals surface area (Å²) in [5.74, 6) is 1.22. The van der Waals surface area contributed by atoms with Crippen molar-refractivity contribution >= 4 is 5.95 Å². The van der Waals surface area contributed by atoms with Crippen molar-refractivity contribution < 1.29 is 4.52 Å². The van der Waals surface area contributed by atoms with Gasteiger partial charge < -0.3 is 15.2 Å². The lowest BCUT2D eigenvalue weighted by Crippen LogP contribution is -2.22.